The van der Waals surface area contributed by atoms with Crippen molar-refractivity contribution in [1.82, 2.24) is 15.2 Å². The largest absolute Gasteiger partial charge is 0.447 e. The van der Waals surface area contributed by atoms with Crippen LogP contribution in [0.3, 0.4) is 0 Å². The van der Waals surface area contributed by atoms with Crippen LogP contribution in [0.15, 0.2) is 24.3 Å². The number of hydrogen-bond acceptors (Lipinski definition) is 3. The summed E-state index contributed by atoms with van der Waals surface area (Å²) in [6.45, 7) is -5.83. The minimum absolute atomic E-state index is 0.230. The van der Waals surface area contributed by atoms with E-state index < -0.39 is 72.6 Å². The van der Waals surface area contributed by atoms with Crippen LogP contribution in [0.1, 0.15) is 27.6 Å². The van der Waals surface area contributed by atoms with E-state index in [1.54, 1.807) is 5.32 Å². The normalized spacial score (nSPS) is 34.5. The van der Waals surface area contributed by atoms with E-state index >= 15 is 0 Å². The summed E-state index contributed by atoms with van der Waals surface area (Å²) in [6, 6.07) is -5.57. The average Bonchev–Trinajstić information content (AvgIpc) is 3.19. The lowest BCUT2D eigenvalue weighted by molar-refractivity contribution is 0.177. The molecule has 1 aliphatic rings. The number of aryl methyl sites for hydroxylation is 1. The second-order valence-corrected chi connectivity index (χ2v) is 4.45. The Morgan fingerprint density at radius 3 is 3.19 bits per heavy atom. The molecule has 112 valence electrons. The van der Waals surface area contributed by atoms with E-state index in [0.29, 0.717) is 0 Å². The highest BCUT2D eigenvalue weighted by Crippen LogP contribution is 2.21. The topological polar surface area (TPSA) is 57.4 Å². The van der Waals surface area contributed by atoms with Crippen LogP contribution in [0.5, 0.6) is 0 Å². The number of likely N-dealkylation sites (N-methyl/N-ethyl adjacent to an activating group) is 1. The van der Waals surface area contributed by atoms with Gasteiger partial charge in [0.25, 0.3) is 0 Å². The third-order valence-corrected chi connectivity index (χ3v) is 2.58. The zero-order chi connectivity index (χ0) is 25.5. The number of aromatic amines is 1. The summed E-state index contributed by atoms with van der Waals surface area (Å²) >= 11 is 0. The van der Waals surface area contributed by atoms with Gasteiger partial charge < -0.3 is 19.9 Å². The van der Waals surface area contributed by atoms with E-state index in [4.69, 9.17) is 16.4 Å². The summed E-state index contributed by atoms with van der Waals surface area (Å²) in [5.41, 5.74) is -1.61. The Kier molecular flexibility index (Phi) is 1.55. The van der Waals surface area contributed by atoms with Crippen molar-refractivity contribution in [3.63, 3.8) is 0 Å². The molecule has 2 N–H and O–H groups in total. The van der Waals surface area contributed by atoms with Crippen molar-refractivity contribution < 1.29 is 26.0 Å². The number of fused-ring (bicyclic) bond motifs is 1. The molecule has 5 heteroatoms. The molecule has 1 aliphatic heterocycles. The van der Waals surface area contributed by atoms with Gasteiger partial charge in [0.15, 0.2) is 0 Å². The van der Waals surface area contributed by atoms with Crippen LogP contribution in [0.4, 0.5) is 4.79 Å². The Bertz CT molecular complexity index is 1150. The van der Waals surface area contributed by atoms with Gasteiger partial charge in [0.2, 0.25) is 0 Å². The van der Waals surface area contributed by atoms with Gasteiger partial charge in [0.05, 0.1) is 14.2 Å². The molecule has 0 bridgehead atoms. The molecule has 1 aromatic heterocycles. The third-order valence-electron chi connectivity index (χ3n) is 2.58. The Labute approximate surface area is 141 Å². The average molecular weight is 299 g/mol. The van der Waals surface area contributed by atoms with E-state index in [1.165, 1.54) is 14.1 Å². The SMILES string of the molecule is [2H]c1c(C([2H])([2H])[C@]2([2H])NC(=O)OC2([2H])[2H])c([2H])c2c(C([2H])([2H])C([2H])([2H])N(C)C)c[nH]c2c1[2H]. The summed E-state index contributed by atoms with van der Waals surface area (Å²) in [5, 5.41) is 1.34. The van der Waals surface area contributed by atoms with Gasteiger partial charge in [0, 0.05) is 31.8 Å². The number of carbonyl (C=O) groups excluding carboxylic acids is 1. The maximum Gasteiger partial charge on any atom is 0.407 e. The number of nitrogens with zero attached hydrogens (tertiary/aromatic N) is 1. The van der Waals surface area contributed by atoms with E-state index in [1.807, 2.05) is 0 Å². The number of ether oxygens (including phenoxy) is 1. The zero-order valence-electron chi connectivity index (χ0n) is 23.3. The number of H-pyrrole nitrogens is 1. The monoisotopic (exact) mass is 299 g/mol. The molecule has 1 aromatic carbocycles. The van der Waals surface area contributed by atoms with Gasteiger partial charge in [-0.2, -0.15) is 0 Å². The van der Waals surface area contributed by atoms with Crippen LogP contribution in [0.2, 0.25) is 0 Å². The number of rotatable bonds is 5. The molecule has 1 atom stereocenters. The highest BCUT2D eigenvalue weighted by atomic mass is 16.6. The quantitative estimate of drug-likeness (QED) is 0.887. The van der Waals surface area contributed by atoms with Crippen LogP contribution >= 0.6 is 0 Å². The molecule has 0 spiro atoms. The fourth-order valence-electron chi connectivity index (χ4n) is 1.70. The van der Waals surface area contributed by atoms with Gasteiger partial charge in [-0.05, 0) is 50.1 Å². The van der Waals surface area contributed by atoms with E-state index in [2.05, 4.69) is 9.72 Å². The molecule has 2 aromatic rings. The molecular weight excluding hydrogens is 266 g/mol. The first-order chi connectivity index (χ1) is 14.8. The van der Waals surface area contributed by atoms with Crippen LogP contribution in [-0.4, -0.2) is 49.1 Å². The number of carbonyl (C=O) groups is 1. The molecule has 1 amide bonds. The first kappa shape index (κ1) is 5.65. The van der Waals surface area contributed by atoms with E-state index in [-0.39, 0.29) is 5.52 Å². The summed E-state index contributed by atoms with van der Waals surface area (Å²) in [7, 11) is 2.59. The molecule has 0 radical (unpaired) electrons. The highest BCUT2D eigenvalue weighted by Gasteiger charge is 2.22. The second-order valence-electron chi connectivity index (χ2n) is 4.45. The van der Waals surface area contributed by atoms with Crippen molar-refractivity contribution in [2.75, 3.05) is 27.2 Å². The van der Waals surface area contributed by atoms with Gasteiger partial charge in [-0.15, -0.1) is 0 Å². The summed E-state index contributed by atoms with van der Waals surface area (Å²) in [5.74, 6) is 0. The number of nitrogens with one attached hydrogen (secondary N) is 2. The van der Waals surface area contributed by atoms with Crippen LogP contribution in [0, 0.1) is 0 Å². The summed E-state index contributed by atoms with van der Waals surface area (Å²) < 4.78 is 104. The zero-order valence-corrected chi connectivity index (χ0v) is 11.3. The summed E-state index contributed by atoms with van der Waals surface area (Å²) in [4.78, 5) is 15.1. The smallest absolute Gasteiger partial charge is 0.407 e. The maximum atomic E-state index is 11.6. The van der Waals surface area contributed by atoms with Crippen molar-refractivity contribution in [2.45, 2.75) is 18.8 Å². The minimum Gasteiger partial charge on any atom is -0.447 e. The Morgan fingerprint density at radius 1 is 1.62 bits per heavy atom. The Morgan fingerprint density at radius 2 is 2.48 bits per heavy atom. The molecule has 2 heterocycles. The number of aromatic nitrogens is 1. The molecular formula is C16H21N3O2. The number of hydrogen-bond donors (Lipinski definition) is 2. The maximum absolute atomic E-state index is 11.6. The third kappa shape index (κ3) is 3.19. The van der Waals surface area contributed by atoms with E-state index in [9.17, 15) is 4.79 Å². The molecule has 21 heavy (non-hydrogen) atoms. The number of benzene rings is 1. The molecule has 0 saturated carbocycles. The van der Waals surface area contributed by atoms with Gasteiger partial charge >= 0.3 is 6.09 Å². The first-order valence-corrected chi connectivity index (χ1v) is 6.06. The lowest BCUT2D eigenvalue weighted by Crippen LogP contribution is -2.28. The molecule has 0 unspecified atom stereocenters. The fourth-order valence-corrected chi connectivity index (χ4v) is 1.70. The van der Waals surface area contributed by atoms with Gasteiger partial charge in [-0.25, -0.2) is 4.79 Å². The first-order valence-electron chi connectivity index (χ1n) is 12.1. The van der Waals surface area contributed by atoms with E-state index in [0.717, 1.165) is 11.1 Å². The van der Waals surface area contributed by atoms with Crippen LogP contribution in [-0.2, 0) is 17.5 Å². The second kappa shape index (κ2) is 5.77. The molecule has 0 aliphatic carbocycles. The molecule has 1 saturated heterocycles. The fraction of sp³-hybridized carbons (Fsp3) is 0.438. The van der Waals surface area contributed by atoms with Gasteiger partial charge in [-0.1, -0.05) is 6.04 Å². The van der Waals surface area contributed by atoms with Crippen molar-refractivity contribution in [3.05, 3.63) is 35.5 Å². The van der Waals surface area contributed by atoms with Crippen molar-refractivity contribution in [1.29, 1.82) is 0 Å². The van der Waals surface area contributed by atoms with Gasteiger partial charge in [0.1, 0.15) is 6.56 Å². The van der Waals surface area contributed by atoms with Crippen LogP contribution in [0.25, 0.3) is 10.9 Å². The predicted octanol–water partition coefficient (Wildman–Crippen LogP) is 1.92. The van der Waals surface area contributed by atoms with Crippen molar-refractivity contribution >= 4 is 17.0 Å². The minimum atomic E-state index is -3.30. The number of amides is 1. The van der Waals surface area contributed by atoms with Crippen LogP contribution < -0.4 is 5.32 Å². The predicted molar refractivity (Wildman–Crippen MR) is 82.5 cm³/mol. The summed E-state index contributed by atoms with van der Waals surface area (Å²) in [6.07, 6.45) is -6.50. The van der Waals surface area contributed by atoms with Gasteiger partial charge in [-0.3, -0.25) is 0 Å². The van der Waals surface area contributed by atoms with Crippen molar-refractivity contribution in [2.24, 2.45) is 0 Å². The number of alkyl carbamates (subject to hydrolysis) is 1. The van der Waals surface area contributed by atoms with Crippen molar-refractivity contribution in [3.8, 4) is 0 Å². The Balaban J connectivity index is 2.39. The molecule has 3 rings (SSSR count). The lowest BCUT2D eigenvalue weighted by atomic mass is 10.0. The molecule has 5 nitrogen and oxygen atoms in total. The number of cyclic esters (lactones) is 1. The Hall–Kier alpha value is -2.01. The standard InChI is InChI=1S/C16H21N3O2/c1-19(2)6-5-12-9-17-15-4-3-11(8-14(12)15)7-13-10-21-16(20)18-13/h3-4,8-9,13,17H,5-7,10H2,1-2H3,(H,18,20)/t13-/m0/s1/i3D,4D,5D2,6D2,7D2,8D,10D2,13D. The lowest BCUT2D eigenvalue weighted by Gasteiger charge is -2.09. The molecule has 1 fully saturated rings. The highest BCUT2D eigenvalue weighted by molar-refractivity contribution is 5.84.